The van der Waals surface area contributed by atoms with Crippen LogP contribution in [-0.4, -0.2) is 94.8 Å². The van der Waals surface area contributed by atoms with Gasteiger partial charge in [-0.1, -0.05) is 6.08 Å². The molecule has 36 heavy (non-hydrogen) atoms. The number of carboxylic acid groups (broad SMARTS) is 1. The average Bonchev–Trinajstić information content (AvgIpc) is 2.87. The summed E-state index contributed by atoms with van der Waals surface area (Å²) in [6.07, 6.45) is 6.67. The molecule has 0 spiro atoms. The maximum atomic E-state index is 12.4. The van der Waals surface area contributed by atoms with Gasteiger partial charge in [0.1, 0.15) is 6.61 Å². The number of carbonyl (C=O) groups excluding carboxylic acids is 2. The lowest BCUT2D eigenvalue weighted by Gasteiger charge is -2.19. The van der Waals surface area contributed by atoms with Crippen molar-refractivity contribution >= 4 is 23.9 Å². The molecule has 1 aliphatic rings. The standard InChI is InChI=1S/C25H33NO10/c1-31-20-17-19(6-7-23(28)26-9-4-3-5-22(26)27)18-21(32-2)25(20)36-16-15-35-14-13-34-12-11-33-10-8-24(29)30/h3,5-7,17-18H,4,8-16H2,1-2H3,(H,29,30)/b7-6+. The van der Waals surface area contributed by atoms with Crippen LogP contribution >= 0.6 is 0 Å². The molecule has 11 heteroatoms. The second-order valence-electron chi connectivity index (χ2n) is 7.44. The van der Waals surface area contributed by atoms with Crippen LogP contribution in [0.1, 0.15) is 18.4 Å². The largest absolute Gasteiger partial charge is 0.493 e. The molecule has 1 heterocycles. The van der Waals surface area contributed by atoms with Crippen LogP contribution in [0.15, 0.2) is 30.4 Å². The quantitative estimate of drug-likeness (QED) is 0.247. The van der Waals surface area contributed by atoms with E-state index in [2.05, 4.69) is 0 Å². The third-order valence-corrected chi connectivity index (χ3v) is 4.89. The van der Waals surface area contributed by atoms with Gasteiger partial charge in [-0.15, -0.1) is 0 Å². The Bertz CT molecular complexity index is 902. The molecule has 1 aromatic rings. The van der Waals surface area contributed by atoms with Crippen LogP contribution in [0.5, 0.6) is 17.2 Å². The van der Waals surface area contributed by atoms with Gasteiger partial charge in [0, 0.05) is 12.6 Å². The molecule has 0 atom stereocenters. The molecule has 1 aliphatic heterocycles. The van der Waals surface area contributed by atoms with E-state index in [4.69, 9.17) is 33.5 Å². The first-order chi connectivity index (χ1) is 17.5. The summed E-state index contributed by atoms with van der Waals surface area (Å²) in [5.74, 6) is -0.376. The van der Waals surface area contributed by atoms with Crippen molar-refractivity contribution in [1.82, 2.24) is 4.90 Å². The molecule has 1 N–H and O–H groups in total. The fourth-order valence-electron chi connectivity index (χ4n) is 3.11. The van der Waals surface area contributed by atoms with Crippen LogP contribution < -0.4 is 14.2 Å². The number of carboxylic acids is 1. The van der Waals surface area contributed by atoms with E-state index < -0.39 is 11.9 Å². The maximum Gasteiger partial charge on any atom is 0.305 e. The molecule has 11 nitrogen and oxygen atoms in total. The summed E-state index contributed by atoms with van der Waals surface area (Å²) in [5, 5.41) is 8.51. The monoisotopic (exact) mass is 507 g/mol. The van der Waals surface area contributed by atoms with Crippen molar-refractivity contribution < 1.29 is 47.9 Å². The third kappa shape index (κ3) is 10.1. The van der Waals surface area contributed by atoms with Gasteiger partial charge in [-0.05, 0) is 36.3 Å². The normalized spacial score (nSPS) is 13.3. The van der Waals surface area contributed by atoms with E-state index in [0.717, 1.165) is 0 Å². The van der Waals surface area contributed by atoms with Crippen molar-refractivity contribution in [2.24, 2.45) is 0 Å². The Hall–Kier alpha value is -3.41. The molecule has 0 unspecified atom stereocenters. The summed E-state index contributed by atoms with van der Waals surface area (Å²) in [6, 6.07) is 3.40. The lowest BCUT2D eigenvalue weighted by molar-refractivity contribution is -0.140. The molecular formula is C25H33NO10. The summed E-state index contributed by atoms with van der Waals surface area (Å²) in [6.45, 7) is 2.46. The number of amides is 2. The van der Waals surface area contributed by atoms with E-state index in [0.29, 0.717) is 68.8 Å². The number of hydrogen-bond acceptors (Lipinski definition) is 9. The number of nitrogens with zero attached hydrogens (tertiary/aromatic N) is 1. The number of benzene rings is 1. The molecule has 198 valence electrons. The van der Waals surface area contributed by atoms with E-state index >= 15 is 0 Å². The van der Waals surface area contributed by atoms with E-state index in [1.165, 1.54) is 31.3 Å². The van der Waals surface area contributed by atoms with Crippen molar-refractivity contribution in [2.75, 3.05) is 67.0 Å². The number of aliphatic carboxylic acids is 1. The van der Waals surface area contributed by atoms with Crippen molar-refractivity contribution in [2.45, 2.75) is 12.8 Å². The van der Waals surface area contributed by atoms with Crippen LogP contribution in [0.2, 0.25) is 0 Å². The van der Waals surface area contributed by atoms with Gasteiger partial charge in [0.2, 0.25) is 5.75 Å². The Morgan fingerprint density at radius 1 is 0.944 bits per heavy atom. The number of methoxy groups -OCH3 is 2. The van der Waals surface area contributed by atoms with Gasteiger partial charge >= 0.3 is 5.97 Å². The summed E-state index contributed by atoms with van der Waals surface area (Å²) < 4.78 is 32.6. The maximum absolute atomic E-state index is 12.4. The van der Waals surface area contributed by atoms with Gasteiger partial charge in [-0.3, -0.25) is 19.3 Å². The molecule has 2 rings (SSSR count). The number of hydrogen-bond donors (Lipinski definition) is 1. The van der Waals surface area contributed by atoms with E-state index in [1.807, 2.05) is 0 Å². The highest BCUT2D eigenvalue weighted by molar-refractivity contribution is 6.06. The molecular weight excluding hydrogens is 474 g/mol. The van der Waals surface area contributed by atoms with Crippen LogP contribution in [0, 0.1) is 0 Å². The topological polar surface area (TPSA) is 130 Å². The Morgan fingerprint density at radius 3 is 2.08 bits per heavy atom. The van der Waals surface area contributed by atoms with Crippen molar-refractivity contribution in [3.8, 4) is 17.2 Å². The van der Waals surface area contributed by atoms with Crippen LogP contribution in [0.25, 0.3) is 6.08 Å². The first kappa shape index (κ1) is 28.8. The number of carbonyl (C=O) groups is 3. The van der Waals surface area contributed by atoms with E-state index in [-0.39, 0.29) is 25.5 Å². The summed E-state index contributed by atoms with van der Waals surface area (Å²) >= 11 is 0. The minimum atomic E-state index is -0.897. The van der Waals surface area contributed by atoms with Crippen molar-refractivity contribution in [3.05, 3.63) is 35.9 Å². The SMILES string of the molecule is COc1cc(/C=C/C(=O)N2CCC=CC2=O)cc(OC)c1OCCOCCOCCOCCC(=O)O. The van der Waals surface area contributed by atoms with Gasteiger partial charge in [-0.2, -0.15) is 0 Å². The smallest absolute Gasteiger partial charge is 0.305 e. The lowest BCUT2D eigenvalue weighted by atomic mass is 10.1. The molecule has 0 aliphatic carbocycles. The highest BCUT2D eigenvalue weighted by Gasteiger charge is 2.19. The summed E-state index contributed by atoms with van der Waals surface area (Å²) in [5.41, 5.74) is 0.643. The Balaban J connectivity index is 1.76. The van der Waals surface area contributed by atoms with Gasteiger partial charge in [0.15, 0.2) is 11.5 Å². The fourth-order valence-corrected chi connectivity index (χ4v) is 3.11. The minimum absolute atomic E-state index is 0.0311. The Morgan fingerprint density at radius 2 is 1.53 bits per heavy atom. The average molecular weight is 508 g/mol. The molecule has 0 saturated heterocycles. The van der Waals surface area contributed by atoms with Gasteiger partial charge in [0.05, 0.1) is 60.3 Å². The van der Waals surface area contributed by atoms with Crippen molar-refractivity contribution in [3.63, 3.8) is 0 Å². The van der Waals surface area contributed by atoms with Crippen LogP contribution in [-0.2, 0) is 28.6 Å². The van der Waals surface area contributed by atoms with Crippen LogP contribution in [0.3, 0.4) is 0 Å². The zero-order valence-electron chi connectivity index (χ0n) is 20.6. The zero-order valence-corrected chi connectivity index (χ0v) is 20.6. The minimum Gasteiger partial charge on any atom is -0.493 e. The lowest BCUT2D eigenvalue weighted by Crippen LogP contribution is -2.37. The first-order valence-corrected chi connectivity index (χ1v) is 11.5. The van der Waals surface area contributed by atoms with Gasteiger partial charge < -0.3 is 33.5 Å². The molecule has 0 aromatic heterocycles. The molecule has 0 saturated carbocycles. The molecule has 0 fully saturated rings. The molecule has 0 radical (unpaired) electrons. The Labute approximate surface area is 210 Å². The van der Waals surface area contributed by atoms with Gasteiger partial charge in [0.25, 0.3) is 11.8 Å². The summed E-state index contributed by atoms with van der Waals surface area (Å²) in [7, 11) is 3.00. The number of rotatable bonds is 17. The van der Waals surface area contributed by atoms with Gasteiger partial charge in [-0.25, -0.2) is 0 Å². The second kappa shape index (κ2) is 16.3. The van der Waals surface area contributed by atoms with Crippen molar-refractivity contribution in [1.29, 1.82) is 0 Å². The number of ether oxygens (including phenoxy) is 6. The molecule has 2 amide bonds. The van der Waals surface area contributed by atoms with E-state index in [9.17, 15) is 14.4 Å². The summed E-state index contributed by atoms with van der Waals surface area (Å²) in [4.78, 5) is 35.8. The second-order valence-corrected chi connectivity index (χ2v) is 7.44. The first-order valence-electron chi connectivity index (χ1n) is 11.5. The Kier molecular flexibility index (Phi) is 13.0. The fraction of sp³-hybridized carbons (Fsp3) is 0.480. The van der Waals surface area contributed by atoms with E-state index in [1.54, 1.807) is 24.3 Å². The molecule has 1 aromatic carbocycles. The third-order valence-electron chi connectivity index (χ3n) is 4.89. The molecule has 0 bridgehead atoms. The zero-order chi connectivity index (χ0) is 26.2. The highest BCUT2D eigenvalue weighted by atomic mass is 16.6. The predicted molar refractivity (Wildman–Crippen MR) is 129 cm³/mol. The predicted octanol–water partition coefficient (Wildman–Crippen LogP) is 1.94. The highest BCUT2D eigenvalue weighted by Crippen LogP contribution is 2.39. The number of imide groups is 1. The van der Waals surface area contributed by atoms with Crippen LogP contribution in [0.4, 0.5) is 0 Å².